The second kappa shape index (κ2) is 10.8. The molecule has 0 saturated carbocycles. The van der Waals surface area contributed by atoms with Gasteiger partial charge in [-0.1, -0.05) is 121 Å². The van der Waals surface area contributed by atoms with Crippen molar-refractivity contribution >= 4 is 60.4 Å². The standard InChI is InChI=1S/C44H30N2/c1-3-16-36(17-4-1)45(38-25-24-32-13-8-10-15-34(32)29-38)39-26-27-41-43(30-39)46(37-18-5-2-6-19-37)42-21-11-20-40(44(41)42)35-23-22-31-12-7-9-14-33(31)28-35/h1-30H. The smallest absolute Gasteiger partial charge is 0.0562 e. The van der Waals surface area contributed by atoms with Gasteiger partial charge in [-0.2, -0.15) is 0 Å². The topological polar surface area (TPSA) is 8.17 Å². The van der Waals surface area contributed by atoms with Crippen LogP contribution in [0.5, 0.6) is 0 Å². The number of fused-ring (bicyclic) bond motifs is 5. The molecule has 0 fully saturated rings. The van der Waals surface area contributed by atoms with E-state index in [9.17, 15) is 0 Å². The van der Waals surface area contributed by atoms with E-state index >= 15 is 0 Å². The zero-order valence-electron chi connectivity index (χ0n) is 25.2. The van der Waals surface area contributed by atoms with E-state index in [1.54, 1.807) is 0 Å². The Morgan fingerprint density at radius 2 is 0.978 bits per heavy atom. The van der Waals surface area contributed by atoms with Crippen LogP contribution in [0.4, 0.5) is 17.1 Å². The SMILES string of the molecule is c1ccc(N(c2ccc3ccccc3c2)c2ccc3c4c(-c5ccc6ccccc6c5)cccc4n(-c4ccccc4)c3c2)cc1. The van der Waals surface area contributed by atoms with Crippen molar-refractivity contribution < 1.29 is 0 Å². The summed E-state index contributed by atoms with van der Waals surface area (Å²) in [6.07, 6.45) is 0. The lowest BCUT2D eigenvalue weighted by Gasteiger charge is -2.26. The summed E-state index contributed by atoms with van der Waals surface area (Å²) < 4.78 is 2.42. The number of hydrogen-bond acceptors (Lipinski definition) is 1. The summed E-state index contributed by atoms with van der Waals surface area (Å²) in [7, 11) is 0. The van der Waals surface area contributed by atoms with Gasteiger partial charge in [0.1, 0.15) is 0 Å². The third-order valence-electron chi connectivity index (χ3n) is 9.11. The molecule has 2 heteroatoms. The first-order chi connectivity index (χ1) is 22.8. The summed E-state index contributed by atoms with van der Waals surface area (Å²) in [6.45, 7) is 0. The van der Waals surface area contributed by atoms with Crippen LogP contribution < -0.4 is 4.90 Å². The van der Waals surface area contributed by atoms with Crippen LogP contribution in [0, 0.1) is 0 Å². The molecule has 0 amide bonds. The predicted octanol–water partition coefficient (Wildman–Crippen LogP) is 12.2. The summed E-state index contributed by atoms with van der Waals surface area (Å²) in [4.78, 5) is 2.36. The van der Waals surface area contributed by atoms with Crippen LogP contribution in [0.2, 0.25) is 0 Å². The van der Waals surface area contributed by atoms with Crippen molar-refractivity contribution in [3.05, 3.63) is 182 Å². The average Bonchev–Trinajstić information content (AvgIpc) is 3.46. The van der Waals surface area contributed by atoms with Crippen LogP contribution in [0.25, 0.3) is 60.2 Å². The van der Waals surface area contributed by atoms with E-state index in [0.717, 1.165) is 22.7 Å². The van der Waals surface area contributed by atoms with Crippen molar-refractivity contribution in [1.29, 1.82) is 0 Å². The Balaban J connectivity index is 1.32. The first-order valence-electron chi connectivity index (χ1n) is 15.8. The molecule has 2 nitrogen and oxygen atoms in total. The van der Waals surface area contributed by atoms with Crippen LogP contribution in [0.1, 0.15) is 0 Å². The number of para-hydroxylation sites is 2. The lowest BCUT2D eigenvalue weighted by molar-refractivity contribution is 1.18. The molecule has 8 aromatic carbocycles. The highest BCUT2D eigenvalue weighted by Crippen LogP contribution is 2.43. The highest BCUT2D eigenvalue weighted by molar-refractivity contribution is 6.17. The fourth-order valence-electron chi connectivity index (χ4n) is 6.99. The van der Waals surface area contributed by atoms with E-state index in [1.165, 1.54) is 54.5 Å². The molecule has 0 N–H and O–H groups in total. The number of anilines is 3. The molecule has 0 aliphatic rings. The molecule has 0 unspecified atom stereocenters. The molecular formula is C44H30N2. The summed E-state index contributed by atoms with van der Waals surface area (Å²) in [5.74, 6) is 0. The Hall–Kier alpha value is -6.12. The van der Waals surface area contributed by atoms with Gasteiger partial charge >= 0.3 is 0 Å². The Labute approximate surface area is 268 Å². The van der Waals surface area contributed by atoms with E-state index in [4.69, 9.17) is 0 Å². The minimum absolute atomic E-state index is 1.11. The Morgan fingerprint density at radius 1 is 0.370 bits per heavy atom. The Morgan fingerprint density at radius 3 is 1.74 bits per heavy atom. The minimum atomic E-state index is 1.11. The van der Waals surface area contributed by atoms with Crippen LogP contribution in [0.15, 0.2) is 182 Å². The molecule has 216 valence electrons. The van der Waals surface area contributed by atoms with Crippen molar-refractivity contribution in [2.24, 2.45) is 0 Å². The van der Waals surface area contributed by atoms with E-state index in [2.05, 4.69) is 191 Å². The van der Waals surface area contributed by atoms with Crippen LogP contribution in [-0.2, 0) is 0 Å². The number of benzene rings is 8. The maximum atomic E-state index is 2.42. The van der Waals surface area contributed by atoms with E-state index < -0.39 is 0 Å². The molecule has 0 spiro atoms. The highest BCUT2D eigenvalue weighted by Gasteiger charge is 2.20. The van der Waals surface area contributed by atoms with E-state index in [-0.39, 0.29) is 0 Å². The van der Waals surface area contributed by atoms with E-state index in [0.29, 0.717) is 0 Å². The fraction of sp³-hybridized carbons (Fsp3) is 0. The predicted molar refractivity (Wildman–Crippen MR) is 196 cm³/mol. The molecule has 46 heavy (non-hydrogen) atoms. The largest absolute Gasteiger partial charge is 0.310 e. The third kappa shape index (κ3) is 4.35. The summed E-state index contributed by atoms with van der Waals surface area (Å²) in [5, 5.41) is 7.46. The Bertz CT molecular complexity index is 2530. The number of hydrogen-bond donors (Lipinski definition) is 0. The van der Waals surface area contributed by atoms with Gasteiger partial charge in [-0.15, -0.1) is 0 Å². The minimum Gasteiger partial charge on any atom is -0.310 e. The molecular weight excluding hydrogens is 556 g/mol. The molecule has 9 aromatic rings. The van der Waals surface area contributed by atoms with Gasteiger partial charge in [0.15, 0.2) is 0 Å². The van der Waals surface area contributed by atoms with Gasteiger partial charge in [0.25, 0.3) is 0 Å². The van der Waals surface area contributed by atoms with Crippen molar-refractivity contribution in [3.63, 3.8) is 0 Å². The van der Waals surface area contributed by atoms with Crippen LogP contribution in [0.3, 0.4) is 0 Å². The Kier molecular flexibility index (Phi) is 6.17. The molecule has 0 aliphatic heterocycles. The van der Waals surface area contributed by atoms with Crippen molar-refractivity contribution in [3.8, 4) is 16.8 Å². The van der Waals surface area contributed by atoms with Crippen molar-refractivity contribution in [1.82, 2.24) is 4.57 Å². The van der Waals surface area contributed by atoms with Gasteiger partial charge in [0, 0.05) is 33.5 Å². The van der Waals surface area contributed by atoms with Crippen LogP contribution >= 0.6 is 0 Å². The zero-order chi connectivity index (χ0) is 30.5. The molecule has 1 heterocycles. The highest BCUT2D eigenvalue weighted by atomic mass is 15.1. The summed E-state index contributed by atoms with van der Waals surface area (Å²) in [6, 6.07) is 65.7. The molecule has 0 radical (unpaired) electrons. The first kappa shape index (κ1) is 26.3. The second-order valence-corrected chi connectivity index (χ2v) is 11.8. The zero-order valence-corrected chi connectivity index (χ0v) is 25.2. The maximum Gasteiger partial charge on any atom is 0.0562 e. The van der Waals surface area contributed by atoms with Gasteiger partial charge in [0.05, 0.1) is 11.0 Å². The molecule has 1 aromatic heterocycles. The number of rotatable bonds is 5. The van der Waals surface area contributed by atoms with E-state index in [1.807, 2.05) is 0 Å². The molecule has 0 atom stereocenters. The van der Waals surface area contributed by atoms with Crippen molar-refractivity contribution in [2.75, 3.05) is 4.90 Å². The maximum absolute atomic E-state index is 2.42. The van der Waals surface area contributed by atoms with Crippen molar-refractivity contribution in [2.45, 2.75) is 0 Å². The number of aromatic nitrogens is 1. The third-order valence-corrected chi connectivity index (χ3v) is 9.11. The molecule has 9 rings (SSSR count). The summed E-state index contributed by atoms with van der Waals surface area (Å²) in [5.41, 5.74) is 9.34. The number of nitrogens with zero attached hydrogens (tertiary/aromatic N) is 2. The monoisotopic (exact) mass is 586 g/mol. The first-order valence-corrected chi connectivity index (χ1v) is 15.8. The van der Waals surface area contributed by atoms with Gasteiger partial charge < -0.3 is 9.47 Å². The average molecular weight is 587 g/mol. The molecule has 0 aliphatic carbocycles. The van der Waals surface area contributed by atoms with Gasteiger partial charge in [-0.05, 0) is 93.3 Å². The fourth-order valence-corrected chi connectivity index (χ4v) is 6.99. The summed E-state index contributed by atoms with van der Waals surface area (Å²) >= 11 is 0. The van der Waals surface area contributed by atoms with Gasteiger partial charge in [-0.3, -0.25) is 0 Å². The van der Waals surface area contributed by atoms with Crippen LogP contribution in [-0.4, -0.2) is 4.57 Å². The normalized spacial score (nSPS) is 11.5. The quantitative estimate of drug-likeness (QED) is 0.195. The lowest BCUT2D eigenvalue weighted by Crippen LogP contribution is -2.10. The lowest BCUT2D eigenvalue weighted by atomic mass is 9.97. The molecule has 0 saturated heterocycles. The second-order valence-electron chi connectivity index (χ2n) is 11.8. The van der Waals surface area contributed by atoms with Gasteiger partial charge in [0.2, 0.25) is 0 Å². The molecule has 0 bridgehead atoms. The van der Waals surface area contributed by atoms with Gasteiger partial charge in [-0.25, -0.2) is 0 Å².